The topological polar surface area (TPSA) is 96.9 Å². The maximum Gasteiger partial charge on any atom is 0.416 e. The van der Waals surface area contributed by atoms with Crippen LogP contribution in [0.25, 0.3) is 0 Å². The average molecular weight is 436 g/mol. The van der Waals surface area contributed by atoms with E-state index in [1.165, 1.54) is 0 Å². The Hall–Kier alpha value is -3.14. The molecular formula is C22H27BN5O4. The molecule has 1 N–H and O–H groups in total. The highest BCUT2D eigenvalue weighted by molar-refractivity contribution is 6.64. The van der Waals surface area contributed by atoms with E-state index in [0.29, 0.717) is 24.3 Å². The van der Waals surface area contributed by atoms with Crippen LogP contribution in [0.2, 0.25) is 0 Å². The molecule has 0 unspecified atom stereocenters. The second kappa shape index (κ2) is 9.56. The lowest BCUT2D eigenvalue weighted by Gasteiger charge is -2.37. The van der Waals surface area contributed by atoms with Gasteiger partial charge in [-0.1, -0.05) is 12.1 Å². The number of carbonyl (C=O) groups is 2. The average Bonchev–Trinajstić information content (AvgIpc) is 2.75. The maximum atomic E-state index is 12.1. The molecule has 167 valence electrons. The summed E-state index contributed by atoms with van der Waals surface area (Å²) in [6.07, 6.45) is 2.12. The Morgan fingerprint density at radius 1 is 1.28 bits per heavy atom. The third kappa shape index (κ3) is 4.85. The number of nitrogens with one attached hydrogen (secondary N) is 1. The number of rotatable bonds is 9. The fourth-order valence-electron chi connectivity index (χ4n) is 3.80. The van der Waals surface area contributed by atoms with Crippen LogP contribution in [0.4, 0.5) is 16.6 Å². The zero-order valence-electron chi connectivity index (χ0n) is 18.5. The zero-order valence-corrected chi connectivity index (χ0v) is 18.5. The van der Waals surface area contributed by atoms with Crippen molar-refractivity contribution < 1.29 is 19.1 Å². The second-order valence-corrected chi connectivity index (χ2v) is 8.41. The molecule has 10 heteroatoms. The van der Waals surface area contributed by atoms with Crippen molar-refractivity contribution >= 4 is 31.5 Å². The predicted molar refractivity (Wildman–Crippen MR) is 121 cm³/mol. The smallest absolute Gasteiger partial charge is 0.416 e. The molecule has 2 aliphatic rings. The summed E-state index contributed by atoms with van der Waals surface area (Å²) in [5.41, 5.74) is 1.85. The van der Waals surface area contributed by atoms with Crippen LogP contribution in [0.5, 0.6) is 5.75 Å². The lowest BCUT2D eigenvalue weighted by Crippen LogP contribution is -2.51. The van der Waals surface area contributed by atoms with Crippen LogP contribution < -0.4 is 15.0 Å². The van der Waals surface area contributed by atoms with Gasteiger partial charge in [0.05, 0.1) is 24.4 Å². The molecule has 1 saturated heterocycles. The van der Waals surface area contributed by atoms with E-state index < -0.39 is 6.09 Å². The molecular weight excluding hydrogens is 409 g/mol. The molecule has 3 heterocycles. The minimum absolute atomic E-state index is 0.0378. The second-order valence-electron chi connectivity index (χ2n) is 8.41. The molecule has 1 radical (unpaired) electrons. The predicted octanol–water partition coefficient (Wildman–Crippen LogP) is 2.63. The van der Waals surface area contributed by atoms with E-state index in [1.54, 1.807) is 18.5 Å². The summed E-state index contributed by atoms with van der Waals surface area (Å²) in [5.74, 6) is 2.30. The molecule has 32 heavy (non-hydrogen) atoms. The highest BCUT2D eigenvalue weighted by Crippen LogP contribution is 2.28. The third-order valence-electron chi connectivity index (χ3n) is 5.60. The molecule has 0 saturated carbocycles. The van der Waals surface area contributed by atoms with Gasteiger partial charge in [-0.15, -0.1) is 0 Å². The fourth-order valence-corrected chi connectivity index (χ4v) is 3.80. The van der Waals surface area contributed by atoms with Crippen molar-refractivity contribution in [3.8, 4) is 5.75 Å². The molecule has 2 aliphatic heterocycles. The SMILES string of the molecule is CC(C)N1C(=O)OCc2cnc(N[C@@H](C)c3ccc(OCC4CN([B]C=O)C4)cc3)nc21. The van der Waals surface area contributed by atoms with Gasteiger partial charge in [-0.05, 0) is 51.6 Å². The standard InChI is InChI=1S/C22H27BN5O4/c1-14(2)28-20-18(12-32-22(28)30)8-24-21(26-20)25-15(3)17-4-6-19(7-5-17)31-11-16-9-27(10-16)23-13-29/h4-8,13-16H,9-12H2,1-3H3,(H,24,25,26)/t15-/m0/s1. The summed E-state index contributed by atoms with van der Waals surface area (Å²) in [5, 5.41) is 3.31. The summed E-state index contributed by atoms with van der Waals surface area (Å²) in [4.78, 5) is 35.1. The van der Waals surface area contributed by atoms with Gasteiger partial charge in [0.15, 0.2) is 0 Å². The number of hydrogen-bond acceptors (Lipinski definition) is 8. The minimum atomic E-state index is -0.391. The summed E-state index contributed by atoms with van der Waals surface area (Å²) < 4.78 is 11.1. The Kier molecular flexibility index (Phi) is 6.59. The first kappa shape index (κ1) is 22.1. The number of ether oxygens (including phenoxy) is 2. The lowest BCUT2D eigenvalue weighted by atomic mass is 9.85. The zero-order chi connectivity index (χ0) is 22.7. The molecule has 9 nitrogen and oxygen atoms in total. The summed E-state index contributed by atoms with van der Waals surface area (Å²) in [7, 11) is 1.57. The molecule has 0 bridgehead atoms. The molecule has 1 fully saturated rings. The highest BCUT2D eigenvalue weighted by Gasteiger charge is 2.30. The van der Waals surface area contributed by atoms with Gasteiger partial charge in [0.1, 0.15) is 18.2 Å². The van der Waals surface area contributed by atoms with E-state index in [2.05, 4.69) is 15.3 Å². The van der Waals surface area contributed by atoms with Crippen LogP contribution in [0.15, 0.2) is 30.5 Å². The number of hydrogen-bond donors (Lipinski definition) is 1. The third-order valence-corrected chi connectivity index (χ3v) is 5.60. The van der Waals surface area contributed by atoms with E-state index in [9.17, 15) is 9.59 Å². The fraction of sp³-hybridized carbons (Fsp3) is 0.455. The van der Waals surface area contributed by atoms with E-state index in [-0.39, 0.29) is 18.7 Å². The van der Waals surface area contributed by atoms with Gasteiger partial charge in [-0.25, -0.2) is 9.78 Å². The Labute approximate surface area is 188 Å². The number of fused-ring (bicyclic) bond motifs is 1. The van der Waals surface area contributed by atoms with Crippen LogP contribution in [-0.2, 0) is 16.1 Å². The van der Waals surface area contributed by atoms with Crippen molar-refractivity contribution in [3.05, 3.63) is 41.6 Å². The first-order valence-corrected chi connectivity index (χ1v) is 10.8. The van der Waals surface area contributed by atoms with Crippen molar-refractivity contribution in [2.45, 2.75) is 39.5 Å². The Morgan fingerprint density at radius 3 is 2.72 bits per heavy atom. The molecule has 1 aromatic carbocycles. The quantitative estimate of drug-likeness (QED) is 0.474. The van der Waals surface area contributed by atoms with Gasteiger partial charge >= 0.3 is 6.09 Å². The Bertz CT molecular complexity index is 965. The molecule has 1 aromatic heterocycles. The molecule has 0 aliphatic carbocycles. The van der Waals surface area contributed by atoms with Gasteiger partial charge in [0, 0.05) is 18.2 Å². The number of benzene rings is 1. The Balaban J connectivity index is 1.34. The van der Waals surface area contributed by atoms with Crippen molar-refractivity contribution in [2.24, 2.45) is 5.92 Å². The van der Waals surface area contributed by atoms with Crippen LogP contribution in [0.1, 0.15) is 37.9 Å². The summed E-state index contributed by atoms with van der Waals surface area (Å²) in [6, 6.07) is 7.81. The number of aromatic nitrogens is 2. The van der Waals surface area contributed by atoms with Crippen LogP contribution in [-0.4, -0.2) is 60.2 Å². The van der Waals surface area contributed by atoms with E-state index in [1.807, 2.05) is 49.8 Å². The Morgan fingerprint density at radius 2 is 2.03 bits per heavy atom. The van der Waals surface area contributed by atoms with Crippen LogP contribution in [0.3, 0.4) is 0 Å². The summed E-state index contributed by atoms with van der Waals surface area (Å²) >= 11 is 0. The first-order valence-electron chi connectivity index (χ1n) is 10.8. The summed E-state index contributed by atoms with van der Waals surface area (Å²) in [6.45, 7) is 8.39. The van der Waals surface area contributed by atoms with Gasteiger partial charge in [0.25, 0.3) is 7.41 Å². The number of nitrogens with zero attached hydrogens (tertiary/aromatic N) is 4. The van der Waals surface area contributed by atoms with Crippen LogP contribution in [0, 0.1) is 5.92 Å². The van der Waals surface area contributed by atoms with Gasteiger partial charge < -0.3 is 24.4 Å². The number of carbonyl (C=O) groups excluding carboxylic acids is 2. The van der Waals surface area contributed by atoms with E-state index in [0.717, 1.165) is 36.2 Å². The van der Waals surface area contributed by atoms with Gasteiger partial charge in [0.2, 0.25) is 5.95 Å². The number of cyclic esters (lactones) is 1. The molecule has 2 aromatic rings. The largest absolute Gasteiger partial charge is 0.493 e. The minimum Gasteiger partial charge on any atom is -0.493 e. The van der Waals surface area contributed by atoms with Crippen molar-refractivity contribution in [1.29, 1.82) is 0 Å². The maximum absolute atomic E-state index is 12.1. The van der Waals surface area contributed by atoms with Crippen LogP contribution >= 0.6 is 0 Å². The first-order chi connectivity index (χ1) is 15.4. The van der Waals surface area contributed by atoms with Crippen molar-refractivity contribution in [2.75, 3.05) is 29.9 Å². The molecule has 4 rings (SSSR count). The molecule has 1 atom stereocenters. The van der Waals surface area contributed by atoms with Crippen molar-refractivity contribution in [3.63, 3.8) is 0 Å². The molecule has 0 spiro atoms. The highest BCUT2D eigenvalue weighted by atomic mass is 16.6. The molecule has 1 amide bonds. The van der Waals surface area contributed by atoms with Gasteiger partial charge in [-0.2, -0.15) is 4.98 Å². The van der Waals surface area contributed by atoms with E-state index in [4.69, 9.17) is 9.47 Å². The van der Waals surface area contributed by atoms with Crippen molar-refractivity contribution in [1.82, 2.24) is 14.8 Å². The number of amides is 1. The normalized spacial score (nSPS) is 17.2. The van der Waals surface area contributed by atoms with Gasteiger partial charge in [-0.3, -0.25) is 4.90 Å². The lowest BCUT2D eigenvalue weighted by molar-refractivity contribution is 0.130. The number of anilines is 2. The van der Waals surface area contributed by atoms with E-state index >= 15 is 0 Å². The monoisotopic (exact) mass is 436 g/mol.